The molecule has 0 saturated carbocycles. The average molecular weight is 243 g/mol. The van der Waals surface area contributed by atoms with Gasteiger partial charge in [0.15, 0.2) is 0 Å². The molecule has 0 unspecified atom stereocenters. The van der Waals surface area contributed by atoms with Gasteiger partial charge in [-0.15, -0.1) is 0 Å². The van der Waals surface area contributed by atoms with Gasteiger partial charge in [-0.25, -0.2) is 4.79 Å². The number of benzene rings is 1. The second-order valence-corrected chi connectivity index (χ2v) is 3.60. The number of nitrogens with zero attached hydrogens (tertiary/aromatic N) is 1. The number of pyridine rings is 1. The quantitative estimate of drug-likeness (QED) is 0.774. The molecule has 0 radical (unpaired) electrons. The molecule has 1 aromatic carbocycles. The lowest BCUT2D eigenvalue weighted by molar-refractivity contribution is 0.0464. The second kappa shape index (κ2) is 5.82. The Morgan fingerprint density at radius 2 is 1.94 bits per heavy atom. The molecular weight excluding hydrogens is 230 g/mol. The van der Waals surface area contributed by atoms with Gasteiger partial charge in [0.25, 0.3) is 0 Å². The third-order valence-corrected chi connectivity index (χ3v) is 2.40. The number of carbonyl (C=O) groups excluding carboxylic acids is 1. The van der Waals surface area contributed by atoms with Crippen LogP contribution in [0.2, 0.25) is 0 Å². The van der Waals surface area contributed by atoms with E-state index < -0.39 is 5.97 Å². The van der Waals surface area contributed by atoms with Crippen LogP contribution in [0, 0.1) is 0 Å². The van der Waals surface area contributed by atoms with E-state index in [1.165, 1.54) is 7.11 Å². The van der Waals surface area contributed by atoms with E-state index in [2.05, 4.69) is 4.98 Å². The highest BCUT2D eigenvalue weighted by Crippen LogP contribution is 2.18. The zero-order valence-corrected chi connectivity index (χ0v) is 10.00. The average Bonchev–Trinajstić information content (AvgIpc) is 2.45. The molecule has 2 rings (SSSR count). The Morgan fingerprint density at radius 3 is 2.67 bits per heavy atom. The van der Waals surface area contributed by atoms with Crippen molar-refractivity contribution in [3.8, 4) is 5.75 Å². The summed E-state index contributed by atoms with van der Waals surface area (Å²) in [4.78, 5) is 15.9. The van der Waals surface area contributed by atoms with Crippen LogP contribution in [0.25, 0.3) is 0 Å². The van der Waals surface area contributed by atoms with Gasteiger partial charge in [-0.05, 0) is 24.3 Å². The van der Waals surface area contributed by atoms with Crippen LogP contribution in [-0.2, 0) is 11.3 Å². The summed E-state index contributed by atoms with van der Waals surface area (Å²) in [6, 6.07) is 12.4. The highest BCUT2D eigenvalue weighted by Gasteiger charge is 2.12. The van der Waals surface area contributed by atoms with E-state index in [4.69, 9.17) is 9.47 Å². The summed E-state index contributed by atoms with van der Waals surface area (Å²) in [7, 11) is 1.52. The monoisotopic (exact) mass is 243 g/mol. The number of carbonyl (C=O) groups is 1. The molecule has 0 amide bonds. The predicted octanol–water partition coefficient (Wildman–Crippen LogP) is 2.45. The Hall–Kier alpha value is -2.36. The van der Waals surface area contributed by atoms with Crippen molar-refractivity contribution in [2.24, 2.45) is 0 Å². The highest BCUT2D eigenvalue weighted by molar-refractivity contribution is 5.92. The van der Waals surface area contributed by atoms with Gasteiger partial charge < -0.3 is 9.47 Å². The number of methoxy groups -OCH3 is 1. The largest absolute Gasteiger partial charge is 0.496 e. The van der Waals surface area contributed by atoms with E-state index in [0.29, 0.717) is 17.0 Å². The van der Waals surface area contributed by atoms with Crippen molar-refractivity contribution in [2.45, 2.75) is 6.61 Å². The van der Waals surface area contributed by atoms with Crippen LogP contribution in [0.4, 0.5) is 0 Å². The lowest BCUT2D eigenvalue weighted by atomic mass is 10.2. The van der Waals surface area contributed by atoms with E-state index in [-0.39, 0.29) is 6.61 Å². The SMILES string of the molecule is COc1ccccc1C(=O)OCc1ccccn1. The van der Waals surface area contributed by atoms with Gasteiger partial charge >= 0.3 is 5.97 Å². The van der Waals surface area contributed by atoms with E-state index in [9.17, 15) is 4.79 Å². The molecule has 0 spiro atoms. The standard InChI is InChI=1S/C14H13NO3/c1-17-13-8-3-2-7-12(13)14(16)18-10-11-6-4-5-9-15-11/h2-9H,10H2,1H3. The van der Waals surface area contributed by atoms with E-state index in [0.717, 1.165) is 0 Å². The Balaban J connectivity index is 2.04. The maximum absolute atomic E-state index is 11.9. The minimum Gasteiger partial charge on any atom is -0.496 e. The number of para-hydroxylation sites is 1. The fourth-order valence-corrected chi connectivity index (χ4v) is 1.51. The molecule has 0 N–H and O–H groups in total. The van der Waals surface area contributed by atoms with Crippen LogP contribution in [0.1, 0.15) is 16.1 Å². The summed E-state index contributed by atoms with van der Waals surface area (Å²) in [6.07, 6.45) is 1.66. The maximum Gasteiger partial charge on any atom is 0.342 e. The van der Waals surface area contributed by atoms with Gasteiger partial charge in [0, 0.05) is 6.20 Å². The molecule has 4 nitrogen and oxygen atoms in total. The topological polar surface area (TPSA) is 48.4 Å². The van der Waals surface area contributed by atoms with Crippen molar-refractivity contribution in [2.75, 3.05) is 7.11 Å². The first kappa shape index (κ1) is 12.1. The molecule has 4 heteroatoms. The van der Waals surface area contributed by atoms with E-state index in [1.807, 2.05) is 12.1 Å². The van der Waals surface area contributed by atoms with Crippen LogP contribution in [0.15, 0.2) is 48.7 Å². The van der Waals surface area contributed by atoms with Gasteiger partial charge in [-0.3, -0.25) is 4.98 Å². The summed E-state index contributed by atoms with van der Waals surface area (Å²) < 4.78 is 10.3. The summed E-state index contributed by atoms with van der Waals surface area (Å²) in [5, 5.41) is 0. The number of aromatic nitrogens is 1. The molecule has 0 bridgehead atoms. The fraction of sp³-hybridized carbons (Fsp3) is 0.143. The number of hydrogen-bond acceptors (Lipinski definition) is 4. The first-order valence-electron chi connectivity index (χ1n) is 5.51. The van der Waals surface area contributed by atoms with Gasteiger partial charge in [0.1, 0.15) is 17.9 Å². The number of rotatable bonds is 4. The van der Waals surface area contributed by atoms with Crippen LogP contribution >= 0.6 is 0 Å². The third kappa shape index (κ3) is 2.85. The first-order valence-corrected chi connectivity index (χ1v) is 5.51. The zero-order valence-electron chi connectivity index (χ0n) is 10.00. The maximum atomic E-state index is 11.9. The van der Waals surface area contributed by atoms with Crippen LogP contribution in [-0.4, -0.2) is 18.1 Å². The molecule has 0 aliphatic heterocycles. The molecule has 2 aromatic rings. The van der Waals surface area contributed by atoms with Crippen molar-refractivity contribution in [3.63, 3.8) is 0 Å². The highest BCUT2D eigenvalue weighted by atomic mass is 16.5. The van der Waals surface area contributed by atoms with Gasteiger partial charge in [-0.2, -0.15) is 0 Å². The number of ether oxygens (including phenoxy) is 2. The summed E-state index contributed by atoms with van der Waals surface area (Å²) >= 11 is 0. The normalized spacial score (nSPS) is 9.83. The summed E-state index contributed by atoms with van der Waals surface area (Å²) in [5.74, 6) is 0.0848. The summed E-state index contributed by atoms with van der Waals surface area (Å²) in [5.41, 5.74) is 1.12. The lowest BCUT2D eigenvalue weighted by Crippen LogP contribution is -2.07. The molecule has 0 fully saturated rings. The Kier molecular flexibility index (Phi) is 3.91. The van der Waals surface area contributed by atoms with E-state index >= 15 is 0 Å². The lowest BCUT2D eigenvalue weighted by Gasteiger charge is -2.08. The minimum atomic E-state index is -0.418. The van der Waals surface area contributed by atoms with Gasteiger partial charge in [0.2, 0.25) is 0 Å². The van der Waals surface area contributed by atoms with Crippen molar-refractivity contribution >= 4 is 5.97 Å². The second-order valence-electron chi connectivity index (χ2n) is 3.60. The molecular formula is C14H13NO3. The van der Waals surface area contributed by atoms with E-state index in [1.54, 1.807) is 36.5 Å². The van der Waals surface area contributed by atoms with Crippen LogP contribution < -0.4 is 4.74 Å². The smallest absolute Gasteiger partial charge is 0.342 e. The van der Waals surface area contributed by atoms with Crippen LogP contribution in [0.3, 0.4) is 0 Å². The Morgan fingerprint density at radius 1 is 1.17 bits per heavy atom. The van der Waals surface area contributed by atoms with Gasteiger partial charge in [0.05, 0.1) is 12.8 Å². The van der Waals surface area contributed by atoms with Crippen LogP contribution in [0.5, 0.6) is 5.75 Å². The molecule has 18 heavy (non-hydrogen) atoms. The molecule has 0 saturated heterocycles. The Labute approximate surface area is 105 Å². The molecule has 0 aliphatic carbocycles. The van der Waals surface area contributed by atoms with Crippen molar-refractivity contribution in [1.29, 1.82) is 0 Å². The summed E-state index contributed by atoms with van der Waals surface area (Å²) in [6.45, 7) is 0.151. The predicted molar refractivity (Wildman–Crippen MR) is 66.4 cm³/mol. The Bertz CT molecular complexity index is 526. The number of hydrogen-bond donors (Lipinski definition) is 0. The van der Waals surface area contributed by atoms with Crippen molar-refractivity contribution in [3.05, 3.63) is 59.9 Å². The van der Waals surface area contributed by atoms with Crippen molar-refractivity contribution in [1.82, 2.24) is 4.98 Å². The minimum absolute atomic E-state index is 0.151. The van der Waals surface area contributed by atoms with Crippen molar-refractivity contribution < 1.29 is 14.3 Å². The van der Waals surface area contributed by atoms with Gasteiger partial charge in [-0.1, -0.05) is 18.2 Å². The molecule has 92 valence electrons. The zero-order chi connectivity index (χ0) is 12.8. The molecule has 0 aliphatic rings. The first-order chi connectivity index (χ1) is 8.81. The fourth-order valence-electron chi connectivity index (χ4n) is 1.51. The molecule has 1 aromatic heterocycles. The molecule has 1 heterocycles. The number of esters is 1. The third-order valence-electron chi connectivity index (χ3n) is 2.40. The molecule has 0 atom stereocenters.